The van der Waals surface area contributed by atoms with E-state index in [1.807, 2.05) is 96.4 Å². The maximum atomic E-state index is 12.9. The number of benzene rings is 4. The van der Waals surface area contributed by atoms with Crippen LogP contribution in [0, 0.1) is 0 Å². The van der Waals surface area contributed by atoms with E-state index in [9.17, 15) is 4.79 Å². The van der Waals surface area contributed by atoms with Crippen LogP contribution in [0.15, 0.2) is 122 Å². The lowest BCUT2D eigenvalue weighted by atomic mass is 9.80. The number of fused-ring (bicyclic) bond motifs is 1. The van der Waals surface area contributed by atoms with Crippen molar-refractivity contribution in [2.45, 2.75) is 18.6 Å². The van der Waals surface area contributed by atoms with Crippen molar-refractivity contribution in [2.24, 2.45) is 0 Å². The third kappa shape index (κ3) is 5.85. The third-order valence-electron chi connectivity index (χ3n) is 7.82. The van der Waals surface area contributed by atoms with Gasteiger partial charge in [-0.2, -0.15) is 0 Å². The number of hydrogen-bond donors (Lipinski definition) is 1. The maximum Gasteiger partial charge on any atom is 0.256 e. The van der Waals surface area contributed by atoms with Crippen LogP contribution < -0.4 is 14.8 Å². The summed E-state index contributed by atoms with van der Waals surface area (Å²) in [7, 11) is 3.30. The maximum absolute atomic E-state index is 12.9. The number of anilines is 1. The second kappa shape index (κ2) is 13.0. The predicted molar refractivity (Wildman–Crippen MR) is 173 cm³/mol. The molecule has 1 N–H and O–H groups in total. The number of amides is 1. The summed E-state index contributed by atoms with van der Waals surface area (Å²) in [5.41, 5.74) is 3.49. The minimum Gasteiger partial charge on any atom is -0.497 e. The van der Waals surface area contributed by atoms with Gasteiger partial charge in [-0.1, -0.05) is 72.8 Å². The van der Waals surface area contributed by atoms with Crippen LogP contribution in [-0.2, 0) is 10.3 Å². The van der Waals surface area contributed by atoms with Crippen LogP contribution in [0.2, 0.25) is 0 Å². The number of ether oxygens (including phenoxy) is 3. The number of hydrogen-bond acceptors (Lipinski definition) is 7. The summed E-state index contributed by atoms with van der Waals surface area (Å²) in [6, 6.07) is 34.8. The van der Waals surface area contributed by atoms with Crippen molar-refractivity contribution in [3.05, 3.63) is 144 Å². The molecule has 0 aliphatic carbocycles. The molecule has 0 radical (unpaired) electrons. The molecule has 1 atom stereocenters. The van der Waals surface area contributed by atoms with Crippen molar-refractivity contribution < 1.29 is 19.0 Å². The molecule has 0 bridgehead atoms. The Morgan fingerprint density at radius 3 is 1.89 bits per heavy atom. The summed E-state index contributed by atoms with van der Waals surface area (Å²) in [5.74, 6) is 1.58. The van der Waals surface area contributed by atoms with E-state index in [4.69, 9.17) is 14.2 Å². The standard InChI is InChI=1S/C36H33N5O4/c1-25(41-24-39-32-33(37-23-38-34(32)41)40-35(42)26-10-6-4-7-11-26)22-45-36(27-12-8-5-9-13-27,28-14-18-30(43-2)19-15-28)29-16-20-31(44-3)21-17-29/h4-21,23-25H,22H2,1-3H3,(H,37,38,40,42)/t25-/m1/s1. The van der Waals surface area contributed by atoms with E-state index in [0.717, 1.165) is 28.2 Å². The number of rotatable bonds is 11. The molecule has 0 saturated carbocycles. The number of methoxy groups -OCH3 is 2. The highest BCUT2D eigenvalue weighted by Crippen LogP contribution is 2.42. The van der Waals surface area contributed by atoms with Gasteiger partial charge in [-0.3, -0.25) is 4.79 Å². The molecule has 9 nitrogen and oxygen atoms in total. The molecule has 226 valence electrons. The number of carbonyl (C=O) groups is 1. The van der Waals surface area contributed by atoms with E-state index in [1.54, 1.807) is 32.7 Å². The van der Waals surface area contributed by atoms with E-state index in [0.29, 0.717) is 29.2 Å². The molecule has 45 heavy (non-hydrogen) atoms. The van der Waals surface area contributed by atoms with Gasteiger partial charge in [-0.05, 0) is 60.0 Å². The molecule has 6 aromatic rings. The largest absolute Gasteiger partial charge is 0.497 e. The van der Waals surface area contributed by atoms with Gasteiger partial charge >= 0.3 is 0 Å². The molecule has 0 spiro atoms. The first-order chi connectivity index (χ1) is 22.0. The first kappa shape index (κ1) is 29.5. The van der Waals surface area contributed by atoms with E-state index in [-0.39, 0.29) is 11.9 Å². The van der Waals surface area contributed by atoms with Gasteiger partial charge in [0.25, 0.3) is 5.91 Å². The lowest BCUT2D eigenvalue weighted by molar-refractivity contribution is -0.00244. The van der Waals surface area contributed by atoms with Gasteiger partial charge in [0.2, 0.25) is 0 Å². The van der Waals surface area contributed by atoms with Crippen molar-refractivity contribution >= 4 is 22.9 Å². The Morgan fingerprint density at radius 2 is 1.31 bits per heavy atom. The molecule has 0 unspecified atom stereocenters. The first-order valence-electron chi connectivity index (χ1n) is 14.6. The van der Waals surface area contributed by atoms with Crippen molar-refractivity contribution in [3.63, 3.8) is 0 Å². The molecule has 2 aromatic heterocycles. The van der Waals surface area contributed by atoms with Gasteiger partial charge < -0.3 is 24.1 Å². The zero-order chi connectivity index (χ0) is 31.2. The van der Waals surface area contributed by atoms with Gasteiger partial charge in [0.05, 0.1) is 33.2 Å². The molecule has 0 aliphatic heterocycles. The number of carbonyl (C=O) groups excluding carboxylic acids is 1. The third-order valence-corrected chi connectivity index (χ3v) is 7.82. The lowest BCUT2D eigenvalue weighted by Crippen LogP contribution is -2.34. The summed E-state index contributed by atoms with van der Waals surface area (Å²) < 4.78 is 19.9. The average Bonchev–Trinajstić information content (AvgIpc) is 3.55. The van der Waals surface area contributed by atoms with E-state index in [1.165, 1.54) is 6.33 Å². The van der Waals surface area contributed by atoms with Crippen molar-refractivity contribution in [3.8, 4) is 11.5 Å². The van der Waals surface area contributed by atoms with Gasteiger partial charge in [0.1, 0.15) is 23.4 Å². The molecule has 0 aliphatic rings. The number of imidazole rings is 1. The SMILES string of the molecule is COc1ccc(C(OC[C@@H](C)n2cnc3c(NC(=O)c4ccccc4)ncnc32)(c2ccccc2)c2ccc(OC)cc2)cc1. The zero-order valence-corrected chi connectivity index (χ0v) is 25.3. The molecule has 9 heteroatoms. The monoisotopic (exact) mass is 599 g/mol. The van der Waals surface area contributed by atoms with Crippen LogP contribution in [-0.4, -0.2) is 46.3 Å². The fourth-order valence-corrected chi connectivity index (χ4v) is 5.44. The number of nitrogens with zero attached hydrogens (tertiary/aromatic N) is 4. The highest BCUT2D eigenvalue weighted by molar-refractivity contribution is 6.06. The fourth-order valence-electron chi connectivity index (χ4n) is 5.44. The molecular formula is C36H33N5O4. The summed E-state index contributed by atoms with van der Waals surface area (Å²) in [4.78, 5) is 26.3. The van der Waals surface area contributed by atoms with Crippen molar-refractivity contribution in [1.29, 1.82) is 0 Å². The molecule has 1 amide bonds. The summed E-state index contributed by atoms with van der Waals surface area (Å²) >= 11 is 0. The molecule has 6 rings (SSSR count). The Bertz CT molecular complexity index is 1830. The van der Waals surface area contributed by atoms with Crippen LogP contribution in [0.3, 0.4) is 0 Å². The predicted octanol–water partition coefficient (Wildman–Crippen LogP) is 6.67. The molecule has 2 heterocycles. The summed E-state index contributed by atoms with van der Waals surface area (Å²) in [6.45, 7) is 2.34. The highest BCUT2D eigenvalue weighted by atomic mass is 16.5. The van der Waals surface area contributed by atoms with Gasteiger partial charge in [-0.25, -0.2) is 15.0 Å². The molecular weight excluding hydrogens is 566 g/mol. The topological polar surface area (TPSA) is 100 Å². The average molecular weight is 600 g/mol. The Balaban J connectivity index is 1.36. The number of aromatic nitrogens is 4. The van der Waals surface area contributed by atoms with Crippen LogP contribution in [0.25, 0.3) is 11.2 Å². The Kier molecular flexibility index (Phi) is 8.52. The Labute approximate surface area is 261 Å². The van der Waals surface area contributed by atoms with Crippen LogP contribution in [0.1, 0.15) is 40.0 Å². The quantitative estimate of drug-likeness (QED) is 0.166. The fraction of sp³-hybridized carbons (Fsp3) is 0.167. The van der Waals surface area contributed by atoms with Crippen LogP contribution in [0.5, 0.6) is 11.5 Å². The second-order valence-electron chi connectivity index (χ2n) is 10.5. The smallest absolute Gasteiger partial charge is 0.256 e. The molecule has 4 aromatic carbocycles. The Morgan fingerprint density at radius 1 is 0.756 bits per heavy atom. The summed E-state index contributed by atoms with van der Waals surface area (Å²) in [6.07, 6.45) is 3.13. The van der Waals surface area contributed by atoms with E-state index >= 15 is 0 Å². The zero-order valence-electron chi connectivity index (χ0n) is 25.3. The normalized spacial score (nSPS) is 12.1. The van der Waals surface area contributed by atoms with Crippen LogP contribution in [0.4, 0.5) is 5.82 Å². The van der Waals surface area contributed by atoms with E-state index < -0.39 is 5.60 Å². The van der Waals surface area contributed by atoms with Crippen molar-refractivity contribution in [2.75, 3.05) is 26.1 Å². The first-order valence-corrected chi connectivity index (χ1v) is 14.6. The van der Waals surface area contributed by atoms with Crippen molar-refractivity contribution in [1.82, 2.24) is 19.5 Å². The van der Waals surface area contributed by atoms with Crippen LogP contribution >= 0.6 is 0 Å². The lowest BCUT2D eigenvalue weighted by Gasteiger charge is -2.37. The molecule has 0 fully saturated rings. The number of nitrogens with one attached hydrogen (secondary N) is 1. The summed E-state index contributed by atoms with van der Waals surface area (Å²) in [5, 5.41) is 2.88. The minimum absolute atomic E-state index is 0.192. The Hall–Kier alpha value is -5.54. The van der Waals surface area contributed by atoms with Gasteiger partial charge in [0, 0.05) is 5.56 Å². The van der Waals surface area contributed by atoms with Gasteiger partial charge in [0.15, 0.2) is 17.0 Å². The molecule has 0 saturated heterocycles. The highest BCUT2D eigenvalue weighted by Gasteiger charge is 2.38. The van der Waals surface area contributed by atoms with E-state index in [2.05, 4.69) is 32.4 Å². The second-order valence-corrected chi connectivity index (χ2v) is 10.5. The van der Waals surface area contributed by atoms with Gasteiger partial charge in [-0.15, -0.1) is 0 Å². The minimum atomic E-state index is -0.964.